The molecule has 0 spiro atoms. The first kappa shape index (κ1) is 11.9. The number of allylic oxidation sites excluding steroid dienone is 2. The van der Waals surface area contributed by atoms with Gasteiger partial charge in [-0.15, -0.1) is 0 Å². The van der Waals surface area contributed by atoms with Crippen LogP contribution in [0.5, 0.6) is 0 Å². The highest BCUT2D eigenvalue weighted by Crippen LogP contribution is 2.28. The molecule has 12 heavy (non-hydrogen) atoms. The molecule has 0 bridgehead atoms. The van der Waals surface area contributed by atoms with Crippen LogP contribution in [0.15, 0.2) is 12.2 Å². The maximum atomic E-state index is 9.95. The molecule has 0 fully saturated rings. The van der Waals surface area contributed by atoms with E-state index in [9.17, 15) is 4.80 Å². The molecule has 0 saturated carbocycles. The Morgan fingerprint density at radius 1 is 1.33 bits per heavy atom. The molecular weight excluding hydrogens is 164 g/mol. The van der Waals surface area contributed by atoms with E-state index in [0.717, 1.165) is 6.42 Å². The lowest BCUT2D eigenvalue weighted by Crippen LogP contribution is -2.32. The van der Waals surface area contributed by atoms with E-state index < -0.39 is 8.32 Å². The van der Waals surface area contributed by atoms with Crippen molar-refractivity contribution in [3.05, 3.63) is 12.2 Å². The molecule has 0 saturated heterocycles. The van der Waals surface area contributed by atoms with Gasteiger partial charge in [-0.2, -0.15) is 0 Å². The second kappa shape index (κ2) is 4.82. The quantitative estimate of drug-likeness (QED) is 0.528. The molecule has 0 aliphatic rings. The van der Waals surface area contributed by atoms with Gasteiger partial charge in [0.2, 0.25) is 0 Å². The fourth-order valence-corrected chi connectivity index (χ4v) is 3.05. The Labute approximate surface area is 77.6 Å². The Morgan fingerprint density at radius 3 is 2.08 bits per heavy atom. The van der Waals surface area contributed by atoms with Gasteiger partial charge in [0.25, 0.3) is 0 Å². The molecule has 0 aliphatic heterocycles. The SMILES string of the molecule is C/C=C\[C@@H](CC(C)C)[Si](C)(C)O. The monoisotopic (exact) mass is 186 g/mol. The minimum absolute atomic E-state index is 0.419. The van der Waals surface area contributed by atoms with Gasteiger partial charge < -0.3 is 4.80 Å². The van der Waals surface area contributed by atoms with Crippen LogP contribution in [0.3, 0.4) is 0 Å². The molecule has 0 amide bonds. The Bertz CT molecular complexity index is 144. The van der Waals surface area contributed by atoms with E-state index in [1.54, 1.807) is 0 Å². The zero-order valence-electron chi connectivity index (χ0n) is 8.96. The largest absolute Gasteiger partial charge is 0.432 e. The number of hydrogen-bond donors (Lipinski definition) is 1. The summed E-state index contributed by atoms with van der Waals surface area (Å²) in [5, 5.41) is 0. The van der Waals surface area contributed by atoms with E-state index in [1.807, 2.05) is 20.0 Å². The van der Waals surface area contributed by atoms with Gasteiger partial charge >= 0.3 is 0 Å². The van der Waals surface area contributed by atoms with Crippen molar-refractivity contribution < 1.29 is 4.80 Å². The Kier molecular flexibility index (Phi) is 4.79. The molecule has 0 unspecified atom stereocenters. The highest BCUT2D eigenvalue weighted by Gasteiger charge is 2.27. The maximum absolute atomic E-state index is 9.95. The Balaban J connectivity index is 4.24. The van der Waals surface area contributed by atoms with E-state index in [0.29, 0.717) is 11.5 Å². The summed E-state index contributed by atoms with van der Waals surface area (Å²) >= 11 is 0. The van der Waals surface area contributed by atoms with E-state index in [2.05, 4.69) is 26.0 Å². The third-order valence-corrected chi connectivity index (χ3v) is 4.30. The van der Waals surface area contributed by atoms with Crippen molar-refractivity contribution in [1.82, 2.24) is 0 Å². The van der Waals surface area contributed by atoms with E-state index in [4.69, 9.17) is 0 Å². The first-order chi connectivity index (χ1) is 5.38. The predicted octanol–water partition coefficient (Wildman–Crippen LogP) is 3.18. The molecule has 1 atom stereocenters. The maximum Gasteiger partial charge on any atom is 0.189 e. The molecule has 0 aliphatic carbocycles. The standard InChI is InChI=1S/C10H22OSi/c1-6-7-10(8-9(2)3)12(4,5)11/h6-7,9-11H,8H2,1-5H3/b7-6-/t10-/m0/s1. The van der Waals surface area contributed by atoms with Crippen LogP contribution in [0.2, 0.25) is 18.6 Å². The summed E-state index contributed by atoms with van der Waals surface area (Å²) in [5.41, 5.74) is 0.419. The van der Waals surface area contributed by atoms with Crippen molar-refractivity contribution in [3.63, 3.8) is 0 Å². The van der Waals surface area contributed by atoms with Gasteiger partial charge in [0.05, 0.1) is 0 Å². The van der Waals surface area contributed by atoms with Crippen LogP contribution in [0.4, 0.5) is 0 Å². The van der Waals surface area contributed by atoms with Crippen LogP contribution >= 0.6 is 0 Å². The van der Waals surface area contributed by atoms with Crippen molar-refractivity contribution in [3.8, 4) is 0 Å². The third-order valence-electron chi connectivity index (χ3n) is 2.06. The highest BCUT2D eigenvalue weighted by molar-refractivity contribution is 6.71. The summed E-state index contributed by atoms with van der Waals surface area (Å²) in [6.07, 6.45) is 5.32. The second-order valence-electron chi connectivity index (χ2n) is 4.42. The topological polar surface area (TPSA) is 20.2 Å². The normalized spacial score (nSPS) is 15.9. The average Bonchev–Trinajstić information content (AvgIpc) is 1.83. The summed E-state index contributed by atoms with van der Waals surface area (Å²) in [6, 6.07) is 0. The molecule has 0 heterocycles. The first-order valence-corrected chi connectivity index (χ1v) is 7.75. The Morgan fingerprint density at radius 2 is 1.83 bits per heavy atom. The van der Waals surface area contributed by atoms with Crippen LogP contribution in [0.25, 0.3) is 0 Å². The number of hydrogen-bond acceptors (Lipinski definition) is 1. The van der Waals surface area contributed by atoms with Gasteiger partial charge in [-0.05, 0) is 37.9 Å². The summed E-state index contributed by atoms with van der Waals surface area (Å²) in [4.78, 5) is 9.95. The van der Waals surface area contributed by atoms with Crippen molar-refractivity contribution in [2.75, 3.05) is 0 Å². The number of rotatable bonds is 4. The summed E-state index contributed by atoms with van der Waals surface area (Å²) < 4.78 is 0. The lowest BCUT2D eigenvalue weighted by atomic mass is 10.1. The molecule has 1 nitrogen and oxygen atoms in total. The third kappa shape index (κ3) is 4.73. The lowest BCUT2D eigenvalue weighted by molar-refractivity contribution is 0.498. The summed E-state index contributed by atoms with van der Waals surface area (Å²) in [7, 11) is -1.96. The highest BCUT2D eigenvalue weighted by atomic mass is 28.4. The molecule has 0 aromatic carbocycles. The van der Waals surface area contributed by atoms with Gasteiger partial charge in [-0.25, -0.2) is 0 Å². The molecule has 2 heteroatoms. The summed E-state index contributed by atoms with van der Waals surface area (Å²) in [5.74, 6) is 0.671. The van der Waals surface area contributed by atoms with Crippen molar-refractivity contribution in [2.45, 2.75) is 45.8 Å². The van der Waals surface area contributed by atoms with Crippen LogP contribution in [0, 0.1) is 5.92 Å². The van der Waals surface area contributed by atoms with Gasteiger partial charge in [0.1, 0.15) is 0 Å². The average molecular weight is 186 g/mol. The molecule has 0 aromatic rings. The molecular formula is C10H22OSi. The van der Waals surface area contributed by atoms with E-state index >= 15 is 0 Å². The van der Waals surface area contributed by atoms with Crippen LogP contribution < -0.4 is 0 Å². The van der Waals surface area contributed by atoms with Crippen molar-refractivity contribution in [2.24, 2.45) is 5.92 Å². The van der Waals surface area contributed by atoms with Gasteiger partial charge in [0, 0.05) is 0 Å². The fourth-order valence-electron chi connectivity index (χ4n) is 1.34. The van der Waals surface area contributed by atoms with Gasteiger partial charge in [-0.1, -0.05) is 26.0 Å². The summed E-state index contributed by atoms with van der Waals surface area (Å²) in [6.45, 7) is 10.5. The van der Waals surface area contributed by atoms with Gasteiger partial charge in [-0.3, -0.25) is 0 Å². The van der Waals surface area contributed by atoms with E-state index in [-0.39, 0.29) is 0 Å². The zero-order valence-corrected chi connectivity index (χ0v) is 9.96. The van der Waals surface area contributed by atoms with Crippen LogP contribution in [-0.2, 0) is 0 Å². The predicted molar refractivity (Wildman–Crippen MR) is 57.7 cm³/mol. The smallest absolute Gasteiger partial charge is 0.189 e. The zero-order chi connectivity index (χ0) is 9.78. The van der Waals surface area contributed by atoms with Gasteiger partial charge in [0.15, 0.2) is 8.32 Å². The first-order valence-electron chi connectivity index (χ1n) is 4.73. The lowest BCUT2D eigenvalue weighted by Gasteiger charge is -2.25. The second-order valence-corrected chi connectivity index (χ2v) is 8.46. The molecule has 0 radical (unpaired) electrons. The minimum Gasteiger partial charge on any atom is -0.432 e. The van der Waals surface area contributed by atoms with Crippen LogP contribution in [-0.4, -0.2) is 13.1 Å². The van der Waals surface area contributed by atoms with Crippen LogP contribution in [0.1, 0.15) is 27.2 Å². The van der Waals surface area contributed by atoms with Crippen molar-refractivity contribution >= 4 is 8.32 Å². The molecule has 0 aromatic heterocycles. The minimum atomic E-state index is -1.96. The molecule has 1 N–H and O–H groups in total. The van der Waals surface area contributed by atoms with Crippen molar-refractivity contribution in [1.29, 1.82) is 0 Å². The van der Waals surface area contributed by atoms with E-state index in [1.165, 1.54) is 0 Å². The Hall–Kier alpha value is -0.0831. The molecule has 72 valence electrons. The fraction of sp³-hybridized carbons (Fsp3) is 0.800. The molecule has 0 rings (SSSR count).